The van der Waals surface area contributed by atoms with Crippen LogP contribution in [0.3, 0.4) is 0 Å². The Morgan fingerprint density at radius 1 is 1.35 bits per heavy atom. The fourth-order valence-corrected chi connectivity index (χ4v) is 2.20. The van der Waals surface area contributed by atoms with Crippen LogP contribution in [-0.2, 0) is 9.84 Å². The van der Waals surface area contributed by atoms with Gasteiger partial charge in [0.15, 0.2) is 9.84 Å². The molecule has 0 amide bonds. The molecule has 0 heterocycles. The number of halogens is 2. The molecule has 7 heteroatoms. The molecule has 0 aliphatic rings. The summed E-state index contributed by atoms with van der Waals surface area (Å²) in [5.41, 5.74) is 2.10. The monoisotopic (exact) mass is 264 g/mol. The first-order valence-electron chi connectivity index (χ1n) is 4.87. The lowest BCUT2D eigenvalue weighted by atomic mass is 10.0. The van der Waals surface area contributed by atoms with Crippen molar-refractivity contribution in [2.75, 3.05) is 6.26 Å². The average Bonchev–Trinajstić information content (AvgIpc) is 2.22. The fourth-order valence-electron chi connectivity index (χ4n) is 1.48. The number of hydrogen-bond acceptors (Lipinski definition) is 4. The summed E-state index contributed by atoms with van der Waals surface area (Å²) in [5.74, 6) is 3.86. The van der Waals surface area contributed by atoms with E-state index in [0.29, 0.717) is 0 Å². The van der Waals surface area contributed by atoms with E-state index >= 15 is 0 Å². The lowest BCUT2D eigenvalue weighted by Gasteiger charge is -2.22. The first-order chi connectivity index (χ1) is 7.77. The summed E-state index contributed by atoms with van der Waals surface area (Å²) in [6.45, 7) is 1.38. The van der Waals surface area contributed by atoms with Gasteiger partial charge in [0.1, 0.15) is 11.6 Å². The minimum Gasteiger partial charge on any atom is -0.271 e. The van der Waals surface area contributed by atoms with Gasteiger partial charge in [0.05, 0.1) is 11.3 Å². The van der Waals surface area contributed by atoms with Crippen LogP contribution in [0.5, 0.6) is 0 Å². The first-order valence-corrected chi connectivity index (χ1v) is 6.82. The second kappa shape index (κ2) is 5.07. The molecule has 0 aliphatic heterocycles. The Morgan fingerprint density at radius 2 is 1.94 bits per heavy atom. The molecule has 0 fully saturated rings. The molecule has 0 aliphatic carbocycles. The van der Waals surface area contributed by atoms with Crippen molar-refractivity contribution >= 4 is 9.84 Å². The van der Waals surface area contributed by atoms with Gasteiger partial charge in [-0.3, -0.25) is 11.3 Å². The molecule has 96 valence electrons. The van der Waals surface area contributed by atoms with E-state index in [1.807, 2.05) is 0 Å². The molecule has 0 aromatic heterocycles. The molecule has 0 saturated heterocycles. The van der Waals surface area contributed by atoms with Gasteiger partial charge in [0.2, 0.25) is 0 Å². The van der Waals surface area contributed by atoms with Crippen LogP contribution >= 0.6 is 0 Å². The lowest BCUT2D eigenvalue weighted by molar-refractivity contribution is 0.483. The van der Waals surface area contributed by atoms with Crippen molar-refractivity contribution < 1.29 is 17.2 Å². The summed E-state index contributed by atoms with van der Waals surface area (Å²) < 4.78 is 49.3. The lowest BCUT2D eigenvalue weighted by Crippen LogP contribution is -2.39. The van der Waals surface area contributed by atoms with Gasteiger partial charge in [-0.15, -0.1) is 0 Å². The Bertz CT molecular complexity index is 505. The molecule has 1 aromatic carbocycles. The van der Waals surface area contributed by atoms with E-state index in [1.165, 1.54) is 6.92 Å². The SMILES string of the molecule is CC(C(NN)c1cc(F)ccc1F)S(C)(=O)=O. The van der Waals surface area contributed by atoms with Crippen molar-refractivity contribution in [1.82, 2.24) is 5.43 Å². The molecule has 0 bridgehead atoms. The minimum atomic E-state index is -3.42. The minimum absolute atomic E-state index is 0.106. The number of hydrogen-bond donors (Lipinski definition) is 2. The molecule has 3 N–H and O–H groups in total. The van der Waals surface area contributed by atoms with Gasteiger partial charge < -0.3 is 0 Å². The summed E-state index contributed by atoms with van der Waals surface area (Å²) in [7, 11) is -3.42. The maximum Gasteiger partial charge on any atom is 0.151 e. The standard InChI is InChI=1S/C10H14F2N2O2S/c1-6(17(2,15)16)10(14-13)8-5-7(11)3-4-9(8)12/h3-6,10,14H,13H2,1-2H3. The zero-order valence-electron chi connectivity index (χ0n) is 9.44. The summed E-state index contributed by atoms with van der Waals surface area (Å²) >= 11 is 0. The van der Waals surface area contributed by atoms with Crippen LogP contribution in [0.1, 0.15) is 18.5 Å². The number of nitrogens with two attached hydrogens (primary N) is 1. The molecule has 1 rings (SSSR count). The number of nitrogens with one attached hydrogen (secondary N) is 1. The largest absolute Gasteiger partial charge is 0.271 e. The molecule has 0 radical (unpaired) electrons. The highest BCUT2D eigenvalue weighted by molar-refractivity contribution is 7.91. The Balaban J connectivity index is 3.23. The zero-order valence-corrected chi connectivity index (χ0v) is 10.3. The van der Waals surface area contributed by atoms with Gasteiger partial charge in [-0.25, -0.2) is 17.2 Å². The third-order valence-corrected chi connectivity index (χ3v) is 4.24. The normalized spacial score (nSPS) is 15.6. The van der Waals surface area contributed by atoms with Gasteiger partial charge >= 0.3 is 0 Å². The van der Waals surface area contributed by atoms with Gasteiger partial charge in [0.25, 0.3) is 0 Å². The van der Waals surface area contributed by atoms with Crippen molar-refractivity contribution in [1.29, 1.82) is 0 Å². The van der Waals surface area contributed by atoms with Crippen molar-refractivity contribution in [3.63, 3.8) is 0 Å². The quantitative estimate of drug-likeness (QED) is 0.626. The molecule has 1 aromatic rings. The van der Waals surface area contributed by atoms with Gasteiger partial charge in [-0.1, -0.05) is 0 Å². The summed E-state index contributed by atoms with van der Waals surface area (Å²) in [5, 5.41) is -0.969. The van der Waals surface area contributed by atoms with E-state index in [0.717, 1.165) is 24.5 Å². The third kappa shape index (κ3) is 3.21. The summed E-state index contributed by atoms with van der Waals surface area (Å²) in [6, 6.07) is 1.82. The second-order valence-corrected chi connectivity index (χ2v) is 6.25. The molecule has 0 spiro atoms. The van der Waals surface area contributed by atoms with Crippen LogP contribution in [0.25, 0.3) is 0 Å². The van der Waals surface area contributed by atoms with Crippen LogP contribution in [0.4, 0.5) is 8.78 Å². The Kier molecular flexibility index (Phi) is 4.18. The molecular weight excluding hydrogens is 250 g/mol. The van der Waals surface area contributed by atoms with E-state index in [1.54, 1.807) is 0 Å². The number of hydrazine groups is 1. The number of benzene rings is 1. The maximum atomic E-state index is 13.5. The average molecular weight is 264 g/mol. The highest BCUT2D eigenvalue weighted by Gasteiger charge is 2.28. The molecule has 17 heavy (non-hydrogen) atoms. The van der Waals surface area contributed by atoms with Crippen molar-refractivity contribution in [3.05, 3.63) is 35.4 Å². The van der Waals surface area contributed by atoms with E-state index in [4.69, 9.17) is 5.84 Å². The van der Waals surface area contributed by atoms with Gasteiger partial charge in [-0.2, -0.15) is 0 Å². The topological polar surface area (TPSA) is 72.2 Å². The number of sulfone groups is 1. The predicted molar refractivity (Wildman–Crippen MR) is 60.7 cm³/mol. The summed E-state index contributed by atoms with van der Waals surface area (Å²) in [6.07, 6.45) is 1.01. The van der Waals surface area contributed by atoms with Crippen molar-refractivity contribution in [2.24, 2.45) is 5.84 Å². The van der Waals surface area contributed by atoms with Crippen LogP contribution in [-0.4, -0.2) is 19.9 Å². The second-order valence-electron chi connectivity index (χ2n) is 3.84. The van der Waals surface area contributed by atoms with E-state index in [9.17, 15) is 17.2 Å². The van der Waals surface area contributed by atoms with E-state index < -0.39 is 32.8 Å². The van der Waals surface area contributed by atoms with Crippen LogP contribution in [0.2, 0.25) is 0 Å². The maximum absolute atomic E-state index is 13.5. The smallest absolute Gasteiger partial charge is 0.151 e. The zero-order chi connectivity index (χ0) is 13.2. The highest BCUT2D eigenvalue weighted by atomic mass is 32.2. The molecule has 2 atom stereocenters. The Labute approximate surface area is 98.7 Å². The predicted octanol–water partition coefficient (Wildman–Crippen LogP) is 0.902. The third-order valence-electron chi connectivity index (χ3n) is 2.62. The van der Waals surface area contributed by atoms with Crippen molar-refractivity contribution in [2.45, 2.75) is 18.2 Å². The van der Waals surface area contributed by atoms with E-state index in [-0.39, 0.29) is 5.56 Å². The fraction of sp³-hybridized carbons (Fsp3) is 0.400. The van der Waals surface area contributed by atoms with E-state index in [2.05, 4.69) is 5.43 Å². The van der Waals surface area contributed by atoms with Crippen LogP contribution < -0.4 is 11.3 Å². The first kappa shape index (κ1) is 14.0. The molecule has 2 unspecified atom stereocenters. The Hall–Kier alpha value is -1.05. The van der Waals surface area contributed by atoms with Crippen LogP contribution in [0.15, 0.2) is 18.2 Å². The van der Waals surface area contributed by atoms with Gasteiger partial charge in [0, 0.05) is 11.8 Å². The highest BCUT2D eigenvalue weighted by Crippen LogP contribution is 2.24. The number of rotatable bonds is 4. The molecule has 4 nitrogen and oxygen atoms in total. The van der Waals surface area contributed by atoms with Crippen molar-refractivity contribution in [3.8, 4) is 0 Å². The van der Waals surface area contributed by atoms with Crippen LogP contribution in [0, 0.1) is 11.6 Å². The summed E-state index contributed by atoms with van der Waals surface area (Å²) in [4.78, 5) is 0. The Morgan fingerprint density at radius 3 is 2.41 bits per heavy atom. The molecular formula is C10H14F2N2O2S. The van der Waals surface area contributed by atoms with Gasteiger partial charge in [-0.05, 0) is 25.1 Å². The molecule has 0 saturated carbocycles.